The molecule has 0 saturated heterocycles. The van der Waals surface area contributed by atoms with E-state index in [1.165, 1.54) is 27.4 Å². The summed E-state index contributed by atoms with van der Waals surface area (Å²) in [6.45, 7) is -0.0627. The van der Waals surface area contributed by atoms with Gasteiger partial charge in [-0.1, -0.05) is 18.2 Å². The van der Waals surface area contributed by atoms with Crippen LogP contribution in [0.4, 0.5) is 0 Å². The molecule has 0 spiro atoms. The highest BCUT2D eigenvalue weighted by Gasteiger charge is 2.18. The van der Waals surface area contributed by atoms with E-state index >= 15 is 0 Å². The standard InChI is InChI=1S/C28H32O8/c1-32-21-10-12-22(29)19(15-21)8-6-5-7-18-13-26(34-3)28(27(14-18)35-4)36-17-24(31)20-9-11-23(30)25(16-20)33-2/h6,8-16,24,29-31H,5,7,17H2,1-4H3. The minimum absolute atomic E-state index is 0.0107. The van der Waals surface area contributed by atoms with Crippen molar-refractivity contribution < 1.29 is 39.0 Å². The average molecular weight is 497 g/mol. The molecule has 0 bridgehead atoms. The predicted octanol–water partition coefficient (Wildman–Crippen LogP) is 4.89. The summed E-state index contributed by atoms with van der Waals surface area (Å²) >= 11 is 0. The van der Waals surface area contributed by atoms with Crippen molar-refractivity contribution >= 4 is 6.08 Å². The molecule has 36 heavy (non-hydrogen) atoms. The molecule has 0 aliphatic rings. The quantitative estimate of drug-likeness (QED) is 0.325. The minimum Gasteiger partial charge on any atom is -0.507 e. The summed E-state index contributed by atoms with van der Waals surface area (Å²) in [5, 5.41) is 30.4. The van der Waals surface area contributed by atoms with Crippen LogP contribution >= 0.6 is 0 Å². The second kappa shape index (κ2) is 12.6. The molecule has 3 aromatic rings. The normalized spacial score (nSPS) is 11.8. The molecule has 1 unspecified atom stereocenters. The fourth-order valence-electron chi connectivity index (χ4n) is 3.63. The topological polar surface area (TPSA) is 107 Å². The van der Waals surface area contributed by atoms with Crippen molar-refractivity contribution in [3.05, 3.63) is 71.3 Å². The molecule has 3 rings (SSSR count). The summed E-state index contributed by atoms with van der Waals surface area (Å²) in [6, 6.07) is 13.4. The molecule has 0 radical (unpaired) electrons. The van der Waals surface area contributed by atoms with Crippen molar-refractivity contribution in [2.45, 2.75) is 18.9 Å². The number of phenolic OH excluding ortho intramolecular Hbond substituents is 2. The monoisotopic (exact) mass is 496 g/mol. The Balaban J connectivity index is 1.69. The van der Waals surface area contributed by atoms with Crippen LogP contribution in [0.5, 0.6) is 40.2 Å². The van der Waals surface area contributed by atoms with Crippen molar-refractivity contribution in [2.75, 3.05) is 35.0 Å². The molecule has 0 aliphatic heterocycles. The molecule has 3 N–H and O–H groups in total. The second-order valence-electron chi connectivity index (χ2n) is 7.95. The summed E-state index contributed by atoms with van der Waals surface area (Å²) in [5.74, 6) is 2.45. The van der Waals surface area contributed by atoms with E-state index in [0.717, 1.165) is 5.56 Å². The van der Waals surface area contributed by atoms with Crippen molar-refractivity contribution in [3.8, 4) is 40.2 Å². The Kier molecular flexibility index (Phi) is 9.30. The van der Waals surface area contributed by atoms with Crippen LogP contribution in [0.15, 0.2) is 54.6 Å². The van der Waals surface area contributed by atoms with E-state index in [0.29, 0.717) is 47.0 Å². The summed E-state index contributed by atoms with van der Waals surface area (Å²) in [4.78, 5) is 0. The Labute approximate surface area is 210 Å². The maximum atomic E-state index is 10.6. The van der Waals surface area contributed by atoms with Gasteiger partial charge in [0.15, 0.2) is 23.0 Å². The van der Waals surface area contributed by atoms with E-state index in [4.69, 9.17) is 23.7 Å². The summed E-state index contributed by atoms with van der Waals surface area (Å²) < 4.78 is 27.3. The molecule has 8 nitrogen and oxygen atoms in total. The fraction of sp³-hybridized carbons (Fsp3) is 0.286. The van der Waals surface area contributed by atoms with E-state index in [1.54, 1.807) is 37.4 Å². The number of aryl methyl sites for hydroxylation is 1. The van der Waals surface area contributed by atoms with Gasteiger partial charge in [0.25, 0.3) is 0 Å². The largest absolute Gasteiger partial charge is 0.507 e. The zero-order valence-corrected chi connectivity index (χ0v) is 20.9. The number of benzene rings is 3. The van der Waals surface area contributed by atoms with E-state index in [1.807, 2.05) is 24.3 Å². The maximum absolute atomic E-state index is 10.6. The molecule has 0 aliphatic carbocycles. The van der Waals surface area contributed by atoms with Gasteiger partial charge >= 0.3 is 0 Å². The van der Waals surface area contributed by atoms with Gasteiger partial charge in [-0.3, -0.25) is 0 Å². The number of aromatic hydroxyl groups is 2. The molecule has 192 valence electrons. The Morgan fingerprint density at radius 1 is 0.778 bits per heavy atom. The van der Waals surface area contributed by atoms with Crippen LogP contribution < -0.4 is 23.7 Å². The Morgan fingerprint density at radius 3 is 2.08 bits per heavy atom. The lowest BCUT2D eigenvalue weighted by Crippen LogP contribution is -2.11. The molecule has 0 aromatic heterocycles. The van der Waals surface area contributed by atoms with Crippen LogP contribution in [0.1, 0.15) is 29.2 Å². The molecule has 0 fully saturated rings. The lowest BCUT2D eigenvalue weighted by Gasteiger charge is -2.18. The molecular formula is C28H32O8. The lowest BCUT2D eigenvalue weighted by molar-refractivity contribution is 0.104. The van der Waals surface area contributed by atoms with Crippen molar-refractivity contribution in [3.63, 3.8) is 0 Å². The van der Waals surface area contributed by atoms with Crippen molar-refractivity contribution in [1.82, 2.24) is 0 Å². The number of allylic oxidation sites excluding steroid dienone is 1. The van der Waals surface area contributed by atoms with E-state index < -0.39 is 6.10 Å². The first-order valence-corrected chi connectivity index (χ1v) is 11.4. The molecular weight excluding hydrogens is 464 g/mol. The van der Waals surface area contributed by atoms with E-state index in [-0.39, 0.29) is 23.9 Å². The van der Waals surface area contributed by atoms with Crippen LogP contribution in [-0.4, -0.2) is 50.4 Å². The van der Waals surface area contributed by atoms with Gasteiger partial charge < -0.3 is 39.0 Å². The number of hydrogen-bond acceptors (Lipinski definition) is 8. The smallest absolute Gasteiger partial charge is 0.203 e. The number of hydrogen-bond donors (Lipinski definition) is 3. The zero-order valence-electron chi connectivity index (χ0n) is 20.9. The highest BCUT2D eigenvalue weighted by molar-refractivity contribution is 5.59. The molecule has 3 aromatic carbocycles. The molecule has 0 saturated carbocycles. The van der Waals surface area contributed by atoms with Crippen LogP contribution in [0.25, 0.3) is 6.08 Å². The molecule has 0 amide bonds. The number of aliphatic hydroxyl groups is 1. The summed E-state index contributed by atoms with van der Waals surface area (Å²) in [7, 11) is 6.10. The van der Waals surface area contributed by atoms with Gasteiger partial charge in [0.05, 0.1) is 28.4 Å². The highest BCUT2D eigenvalue weighted by atomic mass is 16.5. The predicted molar refractivity (Wildman–Crippen MR) is 137 cm³/mol. The SMILES string of the molecule is COc1ccc(O)c(C=CCCc2cc(OC)c(OCC(O)c3ccc(O)c(OC)c3)c(OC)c2)c1. The summed E-state index contributed by atoms with van der Waals surface area (Å²) in [6.07, 6.45) is 4.27. The molecule has 8 heteroatoms. The van der Waals surface area contributed by atoms with Crippen molar-refractivity contribution in [2.24, 2.45) is 0 Å². The van der Waals surface area contributed by atoms with Gasteiger partial charge in [0.1, 0.15) is 24.2 Å². The average Bonchev–Trinajstić information content (AvgIpc) is 2.90. The molecule has 1 atom stereocenters. The zero-order chi connectivity index (χ0) is 26.1. The molecule has 0 heterocycles. The Hall–Kier alpha value is -4.04. The van der Waals surface area contributed by atoms with Gasteiger partial charge in [0, 0.05) is 5.56 Å². The summed E-state index contributed by atoms with van der Waals surface area (Å²) in [5.41, 5.74) is 2.19. The van der Waals surface area contributed by atoms with Crippen LogP contribution in [-0.2, 0) is 6.42 Å². The van der Waals surface area contributed by atoms with Gasteiger partial charge in [0.2, 0.25) is 5.75 Å². The van der Waals surface area contributed by atoms with Gasteiger partial charge in [-0.15, -0.1) is 0 Å². The number of aliphatic hydroxyl groups excluding tert-OH is 1. The Bertz CT molecular complexity index is 1160. The number of rotatable bonds is 12. The van der Waals surface area contributed by atoms with Crippen LogP contribution in [0.2, 0.25) is 0 Å². The number of ether oxygens (including phenoxy) is 5. The lowest BCUT2D eigenvalue weighted by atomic mass is 10.1. The first-order chi connectivity index (χ1) is 17.4. The van der Waals surface area contributed by atoms with Gasteiger partial charge in [-0.2, -0.15) is 0 Å². The minimum atomic E-state index is -0.966. The van der Waals surface area contributed by atoms with Crippen molar-refractivity contribution in [1.29, 1.82) is 0 Å². The number of methoxy groups -OCH3 is 4. The third-order valence-corrected chi connectivity index (χ3v) is 5.63. The van der Waals surface area contributed by atoms with Gasteiger partial charge in [-0.25, -0.2) is 0 Å². The van der Waals surface area contributed by atoms with Gasteiger partial charge in [-0.05, 0) is 66.4 Å². The highest BCUT2D eigenvalue weighted by Crippen LogP contribution is 2.40. The van der Waals surface area contributed by atoms with E-state index in [2.05, 4.69) is 0 Å². The Morgan fingerprint density at radius 2 is 1.44 bits per heavy atom. The third-order valence-electron chi connectivity index (χ3n) is 5.63. The third kappa shape index (κ3) is 6.55. The second-order valence-corrected chi connectivity index (χ2v) is 7.95. The first kappa shape index (κ1) is 26.6. The van der Waals surface area contributed by atoms with Crippen LogP contribution in [0, 0.1) is 0 Å². The van der Waals surface area contributed by atoms with E-state index in [9.17, 15) is 15.3 Å². The fourth-order valence-corrected chi connectivity index (χ4v) is 3.63. The maximum Gasteiger partial charge on any atom is 0.203 e. The first-order valence-electron chi connectivity index (χ1n) is 11.4. The van der Waals surface area contributed by atoms with Crippen LogP contribution in [0.3, 0.4) is 0 Å². The number of phenols is 2.